The molecule has 0 fully saturated rings. The summed E-state index contributed by atoms with van der Waals surface area (Å²) in [6.45, 7) is 0.461. The Morgan fingerprint density at radius 3 is 2.33 bits per heavy atom. The minimum atomic E-state index is -0.433. The molecule has 2 bridgehead atoms. The largest absolute Gasteiger partial charge is 0.482 e. The summed E-state index contributed by atoms with van der Waals surface area (Å²) in [6, 6.07) is 13.9. The Morgan fingerprint density at radius 1 is 1.24 bits per heavy atom. The summed E-state index contributed by atoms with van der Waals surface area (Å²) in [7, 11) is 1.37. The SMILES string of the molecule is COC(=O)c1ccccc1.O=[N+]([O-])c1cc2ccc1OC2. The van der Waals surface area contributed by atoms with Crippen molar-refractivity contribution in [1.29, 1.82) is 0 Å². The van der Waals surface area contributed by atoms with Crippen LogP contribution in [0.5, 0.6) is 5.75 Å². The van der Waals surface area contributed by atoms with Gasteiger partial charge in [0.2, 0.25) is 0 Å². The minimum Gasteiger partial charge on any atom is -0.482 e. The molecular weight excluding hydrogens is 274 g/mol. The van der Waals surface area contributed by atoms with Gasteiger partial charge in [0.25, 0.3) is 0 Å². The lowest BCUT2D eigenvalue weighted by molar-refractivity contribution is -0.386. The third-order valence-electron chi connectivity index (χ3n) is 2.81. The van der Waals surface area contributed by atoms with Crippen LogP contribution in [0.4, 0.5) is 5.69 Å². The van der Waals surface area contributed by atoms with Crippen LogP contribution in [0.2, 0.25) is 0 Å². The number of methoxy groups -OCH3 is 1. The van der Waals surface area contributed by atoms with Gasteiger partial charge in [0.05, 0.1) is 17.6 Å². The maximum Gasteiger partial charge on any atom is 0.337 e. The van der Waals surface area contributed by atoms with E-state index in [1.165, 1.54) is 7.11 Å². The van der Waals surface area contributed by atoms with Gasteiger partial charge in [-0.25, -0.2) is 4.79 Å². The first-order valence-corrected chi connectivity index (χ1v) is 6.15. The molecule has 2 heterocycles. The number of rotatable bonds is 2. The molecule has 21 heavy (non-hydrogen) atoms. The Morgan fingerprint density at radius 2 is 1.95 bits per heavy atom. The first-order valence-electron chi connectivity index (χ1n) is 6.15. The van der Waals surface area contributed by atoms with Crippen molar-refractivity contribution in [3.05, 3.63) is 69.8 Å². The zero-order valence-electron chi connectivity index (χ0n) is 11.3. The molecule has 0 spiro atoms. The lowest BCUT2D eigenvalue weighted by Gasteiger charge is -2.13. The van der Waals surface area contributed by atoms with Crippen molar-refractivity contribution in [2.75, 3.05) is 7.11 Å². The highest BCUT2D eigenvalue weighted by atomic mass is 16.6. The summed E-state index contributed by atoms with van der Waals surface area (Å²) in [5.41, 5.74) is 1.51. The number of nitro groups is 1. The van der Waals surface area contributed by atoms with Crippen molar-refractivity contribution >= 4 is 11.7 Å². The Kier molecular flexibility index (Phi) is 4.50. The molecule has 0 amide bonds. The zero-order valence-corrected chi connectivity index (χ0v) is 11.3. The summed E-state index contributed by atoms with van der Waals surface area (Å²) >= 11 is 0. The smallest absolute Gasteiger partial charge is 0.337 e. The number of hydrogen-bond acceptors (Lipinski definition) is 5. The number of benzene rings is 2. The van der Waals surface area contributed by atoms with Crippen LogP contribution in [0.3, 0.4) is 0 Å². The summed E-state index contributed by atoms with van der Waals surface area (Å²) < 4.78 is 9.53. The van der Waals surface area contributed by atoms with E-state index in [1.54, 1.807) is 36.4 Å². The van der Waals surface area contributed by atoms with Gasteiger partial charge < -0.3 is 9.47 Å². The average Bonchev–Trinajstić information content (AvgIpc) is 2.56. The van der Waals surface area contributed by atoms with Gasteiger partial charge in [-0.1, -0.05) is 24.3 Å². The van der Waals surface area contributed by atoms with Gasteiger partial charge in [0.15, 0.2) is 5.75 Å². The van der Waals surface area contributed by atoms with E-state index in [2.05, 4.69) is 4.74 Å². The van der Waals surface area contributed by atoms with E-state index in [9.17, 15) is 14.9 Å². The maximum atomic E-state index is 10.8. The molecule has 6 heteroatoms. The Bertz CT molecular complexity index is 654. The molecule has 0 saturated carbocycles. The fourth-order valence-electron chi connectivity index (χ4n) is 1.77. The van der Waals surface area contributed by atoms with Crippen LogP contribution in [0.25, 0.3) is 0 Å². The van der Waals surface area contributed by atoms with Crippen LogP contribution in [0.1, 0.15) is 15.9 Å². The first-order chi connectivity index (χ1) is 10.1. The van der Waals surface area contributed by atoms with Crippen molar-refractivity contribution in [3.8, 4) is 5.75 Å². The van der Waals surface area contributed by atoms with E-state index in [0.717, 1.165) is 5.56 Å². The number of fused-ring (bicyclic) bond motifs is 3. The van der Waals surface area contributed by atoms with Crippen molar-refractivity contribution in [2.24, 2.45) is 0 Å². The molecule has 0 radical (unpaired) electrons. The van der Waals surface area contributed by atoms with Crippen LogP contribution in [-0.4, -0.2) is 18.0 Å². The molecule has 0 aliphatic carbocycles. The molecule has 0 N–H and O–H groups in total. The summed E-state index contributed by atoms with van der Waals surface area (Å²) in [4.78, 5) is 20.7. The molecule has 6 nitrogen and oxygen atoms in total. The van der Waals surface area contributed by atoms with Gasteiger partial charge >= 0.3 is 11.7 Å². The normalized spacial score (nSPS) is 10.9. The molecule has 0 saturated heterocycles. The maximum absolute atomic E-state index is 10.8. The third-order valence-corrected chi connectivity index (χ3v) is 2.81. The Hall–Kier alpha value is -2.89. The molecule has 0 aromatic heterocycles. The lowest BCUT2D eigenvalue weighted by Crippen LogP contribution is -2.05. The van der Waals surface area contributed by atoms with E-state index in [4.69, 9.17) is 4.74 Å². The van der Waals surface area contributed by atoms with Crippen molar-refractivity contribution in [1.82, 2.24) is 0 Å². The number of hydrogen-bond donors (Lipinski definition) is 0. The van der Waals surface area contributed by atoms with E-state index in [0.29, 0.717) is 17.9 Å². The van der Waals surface area contributed by atoms with E-state index < -0.39 is 4.92 Å². The quantitative estimate of drug-likeness (QED) is 0.482. The van der Waals surface area contributed by atoms with Crippen LogP contribution >= 0.6 is 0 Å². The van der Waals surface area contributed by atoms with E-state index in [1.807, 2.05) is 12.1 Å². The van der Waals surface area contributed by atoms with Crippen molar-refractivity contribution in [3.63, 3.8) is 0 Å². The van der Waals surface area contributed by atoms with E-state index >= 15 is 0 Å². The molecule has 2 aliphatic rings. The number of esters is 1. The zero-order chi connectivity index (χ0) is 15.2. The molecular formula is C15H13NO5. The second kappa shape index (κ2) is 6.51. The number of carbonyl (C=O) groups excluding carboxylic acids is 1. The summed E-state index contributed by atoms with van der Waals surface area (Å²) in [5, 5.41) is 10.3. The molecule has 2 aromatic carbocycles. The number of ether oxygens (including phenoxy) is 2. The predicted molar refractivity (Wildman–Crippen MR) is 75.2 cm³/mol. The fourth-order valence-corrected chi connectivity index (χ4v) is 1.77. The highest BCUT2D eigenvalue weighted by molar-refractivity contribution is 5.89. The Balaban J connectivity index is 0.000000155. The molecule has 2 aromatic rings. The van der Waals surface area contributed by atoms with Crippen LogP contribution in [-0.2, 0) is 11.3 Å². The van der Waals surface area contributed by atoms with E-state index in [-0.39, 0.29) is 11.7 Å². The van der Waals surface area contributed by atoms with Crippen molar-refractivity contribution in [2.45, 2.75) is 6.61 Å². The van der Waals surface area contributed by atoms with Crippen LogP contribution in [0.15, 0.2) is 48.5 Å². The monoisotopic (exact) mass is 287 g/mol. The number of nitrogens with zero attached hydrogens (tertiary/aromatic N) is 1. The number of nitro benzene ring substituents is 1. The molecule has 2 aliphatic heterocycles. The van der Waals surface area contributed by atoms with Gasteiger partial charge in [-0.2, -0.15) is 0 Å². The first kappa shape index (κ1) is 14.5. The standard InChI is InChI=1S/C8H8O2.C7H5NO3/c1-10-8(9)7-5-3-2-4-6-7;9-8(10)6-3-5-1-2-7(6)11-4-5/h2-6H,1H3;1-3H,4H2. The number of carbonyl (C=O) groups is 1. The predicted octanol–water partition coefficient (Wildman–Crippen LogP) is 2.96. The molecule has 0 unspecified atom stereocenters. The third kappa shape index (κ3) is 3.56. The molecule has 0 atom stereocenters. The fraction of sp³-hybridized carbons (Fsp3) is 0.133. The lowest BCUT2D eigenvalue weighted by atomic mass is 10.1. The average molecular weight is 287 g/mol. The summed E-state index contributed by atoms with van der Waals surface area (Å²) in [5.74, 6) is 0.0746. The second-order valence-electron chi connectivity index (χ2n) is 4.21. The van der Waals surface area contributed by atoms with Gasteiger partial charge in [0, 0.05) is 6.07 Å². The molecule has 108 valence electrons. The van der Waals surface area contributed by atoms with Crippen LogP contribution < -0.4 is 4.74 Å². The topological polar surface area (TPSA) is 78.7 Å². The van der Waals surface area contributed by atoms with Gasteiger partial charge in [0.1, 0.15) is 6.61 Å². The highest BCUT2D eigenvalue weighted by Crippen LogP contribution is 2.32. The van der Waals surface area contributed by atoms with Gasteiger partial charge in [-0.05, 0) is 23.8 Å². The van der Waals surface area contributed by atoms with Crippen molar-refractivity contribution < 1.29 is 19.2 Å². The Labute approximate surface area is 121 Å². The molecule has 4 rings (SSSR count). The highest BCUT2D eigenvalue weighted by Gasteiger charge is 2.20. The summed E-state index contributed by atoms with van der Waals surface area (Å²) in [6.07, 6.45) is 0. The minimum absolute atomic E-state index is 0.0637. The van der Waals surface area contributed by atoms with Crippen LogP contribution in [0, 0.1) is 10.1 Å². The van der Waals surface area contributed by atoms with Gasteiger partial charge in [-0.15, -0.1) is 0 Å². The van der Waals surface area contributed by atoms with Gasteiger partial charge in [-0.3, -0.25) is 10.1 Å². The second-order valence-corrected chi connectivity index (χ2v) is 4.21.